The van der Waals surface area contributed by atoms with Crippen LogP contribution in [0.3, 0.4) is 0 Å². The van der Waals surface area contributed by atoms with E-state index in [1.165, 1.54) is 11.9 Å². The van der Waals surface area contributed by atoms with Crippen LogP contribution in [0.4, 0.5) is 4.39 Å². The summed E-state index contributed by atoms with van der Waals surface area (Å²) in [4.78, 5) is 4.65. The summed E-state index contributed by atoms with van der Waals surface area (Å²) in [5.41, 5.74) is 0. The van der Waals surface area contributed by atoms with Gasteiger partial charge in [-0.2, -0.15) is 10.3 Å². The molecule has 0 amide bonds. The highest BCUT2D eigenvalue weighted by molar-refractivity contribution is 7.99. The number of nitrogens with zero attached hydrogens (tertiary/aromatic N) is 1. The van der Waals surface area contributed by atoms with Gasteiger partial charge >= 0.3 is 0 Å². The molecule has 1 heterocycles. The molecule has 1 saturated carbocycles. The van der Waals surface area contributed by atoms with Crippen LogP contribution in [0, 0.1) is 5.92 Å². The molecule has 6 heteroatoms. The van der Waals surface area contributed by atoms with Crippen LogP contribution in [0.25, 0.3) is 0 Å². The highest BCUT2D eigenvalue weighted by Gasteiger charge is 2.44. The lowest BCUT2D eigenvalue weighted by Crippen LogP contribution is -2.37. The number of nitrogens with one attached hydrogen (secondary N) is 1. The van der Waals surface area contributed by atoms with Crippen LogP contribution in [0.15, 0.2) is 4.40 Å². The normalized spacial score (nSPS) is 33.6. The van der Waals surface area contributed by atoms with Crippen LogP contribution in [0.1, 0.15) is 26.2 Å². The van der Waals surface area contributed by atoms with Gasteiger partial charge in [-0.3, -0.25) is 0 Å². The second kappa shape index (κ2) is 4.89. The molecule has 2 aliphatic rings. The zero-order valence-electron chi connectivity index (χ0n) is 9.41. The quantitative estimate of drug-likeness (QED) is 0.343. The minimum Gasteiger partial charge on any atom is -0.395 e. The Labute approximate surface area is 99.3 Å². The fraction of sp³-hybridized carbons (Fsp3) is 0.900. The lowest BCUT2D eigenvalue weighted by atomic mass is 10.00. The molecule has 16 heavy (non-hydrogen) atoms. The number of hydrogen-bond acceptors (Lipinski definition) is 5. The van der Waals surface area contributed by atoms with Crippen molar-refractivity contribution in [2.24, 2.45) is 16.2 Å². The molecule has 3 N–H and O–H groups in total. The van der Waals surface area contributed by atoms with Crippen LogP contribution >= 0.6 is 11.9 Å². The maximum Gasteiger partial charge on any atom is 0.226 e. The van der Waals surface area contributed by atoms with Crippen molar-refractivity contribution in [1.29, 1.82) is 0 Å². The Morgan fingerprint density at radius 3 is 2.69 bits per heavy atom. The summed E-state index contributed by atoms with van der Waals surface area (Å²) >= 11 is 1.48. The molecule has 0 aromatic rings. The van der Waals surface area contributed by atoms with Gasteiger partial charge in [-0.05, 0) is 51.2 Å². The Kier molecular flexibility index (Phi) is 3.71. The predicted octanol–water partition coefficient (Wildman–Crippen LogP) is 1.42. The van der Waals surface area contributed by atoms with E-state index >= 15 is 0 Å². The van der Waals surface area contributed by atoms with Gasteiger partial charge in [0.15, 0.2) is 0 Å². The lowest BCUT2D eigenvalue weighted by molar-refractivity contribution is 0.302. The van der Waals surface area contributed by atoms with Crippen molar-refractivity contribution in [3.8, 4) is 0 Å². The number of rotatable bonds is 3. The maximum absolute atomic E-state index is 12.8. The molecule has 0 bridgehead atoms. The number of hydrogen-bond donors (Lipinski definition) is 2. The molecule has 0 aromatic carbocycles. The second-order valence-corrected chi connectivity index (χ2v) is 6.05. The second-order valence-electron chi connectivity index (χ2n) is 4.70. The number of nitrogens with two attached hydrogens (primary N) is 1. The first-order chi connectivity index (χ1) is 7.64. The summed E-state index contributed by atoms with van der Waals surface area (Å²) < 4.78 is 17.2. The summed E-state index contributed by atoms with van der Waals surface area (Å²) in [6.45, 7) is 4.19. The van der Waals surface area contributed by atoms with Gasteiger partial charge in [0.25, 0.3) is 0 Å². The first-order valence-corrected chi connectivity index (χ1v) is 6.39. The molecule has 2 atom stereocenters. The molecular formula is C10H18FN3OS. The molecule has 1 aliphatic carbocycles. The minimum absolute atomic E-state index is 0.121. The third-order valence-corrected chi connectivity index (χ3v) is 4.29. The van der Waals surface area contributed by atoms with E-state index in [-0.39, 0.29) is 10.7 Å². The molecule has 4 nitrogen and oxygen atoms in total. The van der Waals surface area contributed by atoms with E-state index in [0.29, 0.717) is 12.3 Å². The molecule has 92 valence electrons. The summed E-state index contributed by atoms with van der Waals surface area (Å²) in [7, 11) is 0. The first-order valence-electron chi connectivity index (χ1n) is 5.62. The minimum atomic E-state index is -0.816. The molecule has 0 spiro atoms. The van der Waals surface area contributed by atoms with Crippen molar-refractivity contribution < 1.29 is 9.23 Å². The fourth-order valence-corrected chi connectivity index (χ4v) is 2.67. The Morgan fingerprint density at radius 2 is 2.19 bits per heavy atom. The Morgan fingerprint density at radius 1 is 1.56 bits per heavy atom. The van der Waals surface area contributed by atoms with E-state index < -0.39 is 6.17 Å². The molecule has 1 saturated heterocycles. The zero-order valence-corrected chi connectivity index (χ0v) is 10.2. The van der Waals surface area contributed by atoms with E-state index in [1.807, 2.05) is 0 Å². The largest absolute Gasteiger partial charge is 0.395 e. The van der Waals surface area contributed by atoms with Crippen molar-refractivity contribution in [3.63, 3.8) is 0 Å². The molecular weight excluding hydrogens is 229 g/mol. The zero-order chi connectivity index (χ0) is 11.6. The fourth-order valence-electron chi connectivity index (χ4n) is 1.80. The van der Waals surface area contributed by atoms with Crippen LogP contribution in [-0.4, -0.2) is 29.9 Å². The monoisotopic (exact) mass is 247 g/mol. The van der Waals surface area contributed by atoms with Crippen molar-refractivity contribution >= 4 is 17.8 Å². The smallest absolute Gasteiger partial charge is 0.226 e. The van der Waals surface area contributed by atoms with Crippen LogP contribution in [0.5, 0.6) is 0 Å². The van der Waals surface area contributed by atoms with E-state index in [4.69, 9.17) is 5.90 Å². The van der Waals surface area contributed by atoms with E-state index in [0.717, 1.165) is 25.9 Å². The van der Waals surface area contributed by atoms with E-state index in [9.17, 15) is 4.39 Å². The number of halogens is 1. The van der Waals surface area contributed by atoms with Gasteiger partial charge in [0.2, 0.25) is 5.90 Å². The van der Waals surface area contributed by atoms with Gasteiger partial charge in [0.05, 0.1) is 5.92 Å². The summed E-state index contributed by atoms with van der Waals surface area (Å²) in [5.74, 6) is 5.26. The van der Waals surface area contributed by atoms with Gasteiger partial charge in [0, 0.05) is 4.75 Å². The van der Waals surface area contributed by atoms with Crippen molar-refractivity contribution in [2.75, 3.05) is 13.1 Å². The molecule has 0 aromatic heterocycles. The van der Waals surface area contributed by atoms with E-state index in [1.54, 1.807) is 0 Å². The van der Waals surface area contributed by atoms with E-state index in [2.05, 4.69) is 21.5 Å². The average Bonchev–Trinajstić information content (AvgIpc) is 2.97. The van der Waals surface area contributed by atoms with Crippen molar-refractivity contribution in [1.82, 2.24) is 5.32 Å². The maximum atomic E-state index is 12.8. The van der Waals surface area contributed by atoms with Crippen LogP contribution in [-0.2, 0) is 4.84 Å². The lowest BCUT2D eigenvalue weighted by Gasteiger charge is -2.31. The molecule has 2 rings (SSSR count). The summed E-state index contributed by atoms with van der Waals surface area (Å²) in [5, 5.41) is 3.31. The van der Waals surface area contributed by atoms with Crippen LogP contribution in [0.2, 0.25) is 0 Å². The first kappa shape index (κ1) is 12.1. The van der Waals surface area contributed by atoms with Gasteiger partial charge in [-0.25, -0.2) is 4.39 Å². The highest BCUT2D eigenvalue weighted by atomic mass is 32.2. The number of piperidine rings is 1. The van der Waals surface area contributed by atoms with Gasteiger partial charge < -0.3 is 10.2 Å². The standard InChI is InChI=1S/C10H18FN3OS/c1-10(2-4-13-5-3-10)16-14-9(15-12)7-6-8(7)11/h7-8,13H,2-6,12H2,1H3/b14-9-/t7-,8+/m1/s1. The number of alkyl halides is 1. The van der Waals surface area contributed by atoms with Gasteiger partial charge in [-0.15, -0.1) is 0 Å². The molecule has 0 radical (unpaired) electrons. The Bertz CT molecular complexity index is 281. The van der Waals surface area contributed by atoms with Crippen molar-refractivity contribution in [3.05, 3.63) is 0 Å². The molecule has 0 unspecified atom stereocenters. The molecule has 1 aliphatic heterocycles. The van der Waals surface area contributed by atoms with Gasteiger partial charge in [-0.1, -0.05) is 0 Å². The SMILES string of the molecule is CC1(S/N=C(\ON)[C@@H]2C[C@@H]2F)CCNCC1. The van der Waals surface area contributed by atoms with Crippen molar-refractivity contribution in [2.45, 2.75) is 37.1 Å². The van der Waals surface area contributed by atoms with Gasteiger partial charge in [0.1, 0.15) is 6.17 Å². The highest BCUT2D eigenvalue weighted by Crippen LogP contribution is 2.39. The summed E-state index contributed by atoms with van der Waals surface area (Å²) in [6.07, 6.45) is 1.80. The third-order valence-electron chi connectivity index (χ3n) is 3.17. The third kappa shape index (κ3) is 2.87. The molecule has 2 fully saturated rings. The topological polar surface area (TPSA) is 59.6 Å². The van der Waals surface area contributed by atoms with Crippen LogP contribution < -0.4 is 11.2 Å². The predicted molar refractivity (Wildman–Crippen MR) is 63.8 cm³/mol. The Hall–Kier alpha value is -0.330. The Balaban J connectivity index is 1.90. The average molecular weight is 247 g/mol. The summed E-state index contributed by atoms with van der Waals surface area (Å²) in [6, 6.07) is 0.